The molecule has 0 unspecified atom stereocenters. The topological polar surface area (TPSA) is 70.6 Å². The molecule has 0 aromatic heterocycles. The summed E-state index contributed by atoms with van der Waals surface area (Å²) in [6.45, 7) is 1.77. The van der Waals surface area contributed by atoms with Crippen LogP contribution < -0.4 is 11.1 Å². The van der Waals surface area contributed by atoms with Gasteiger partial charge in [-0.2, -0.15) is 0 Å². The maximum atomic E-state index is 8.59. The van der Waals surface area contributed by atoms with Crippen LogP contribution in [-0.4, -0.2) is 17.6 Å². The molecular weight excluding hydrogens is 294 g/mol. The van der Waals surface area contributed by atoms with Crippen LogP contribution in [0.5, 0.6) is 0 Å². The molecule has 0 saturated heterocycles. The molecule has 0 atom stereocenters. The fraction of sp³-hybridized carbons (Fsp3) is 0.462. The monoisotopic (exact) mass is 311 g/mol. The second kappa shape index (κ2) is 5.71. The fourth-order valence-electron chi connectivity index (χ4n) is 2.09. The van der Waals surface area contributed by atoms with E-state index in [9.17, 15) is 0 Å². The lowest BCUT2D eigenvalue weighted by atomic mass is 10.0. The van der Waals surface area contributed by atoms with Gasteiger partial charge in [-0.05, 0) is 36.0 Å². The Balaban J connectivity index is 1.77. The molecule has 1 fully saturated rings. The van der Waals surface area contributed by atoms with Crippen LogP contribution in [0.1, 0.15) is 24.8 Å². The molecule has 4 N–H and O–H groups in total. The molecule has 18 heavy (non-hydrogen) atoms. The van der Waals surface area contributed by atoms with Gasteiger partial charge in [0.15, 0.2) is 0 Å². The Morgan fingerprint density at radius 1 is 1.39 bits per heavy atom. The van der Waals surface area contributed by atoms with Crippen LogP contribution in [0.2, 0.25) is 0 Å². The molecule has 5 heteroatoms. The third-order valence-corrected chi connectivity index (χ3v) is 3.91. The van der Waals surface area contributed by atoms with Crippen molar-refractivity contribution in [2.24, 2.45) is 16.3 Å². The number of hydrogen-bond acceptors (Lipinski definition) is 3. The third kappa shape index (κ3) is 3.71. The number of benzene rings is 1. The van der Waals surface area contributed by atoms with Crippen molar-refractivity contribution in [2.45, 2.75) is 25.8 Å². The third-order valence-electron chi connectivity index (χ3n) is 3.38. The summed E-state index contributed by atoms with van der Waals surface area (Å²) in [5, 5.41) is 15.1. The van der Waals surface area contributed by atoms with Crippen LogP contribution in [-0.2, 0) is 6.54 Å². The van der Waals surface area contributed by atoms with E-state index in [1.165, 1.54) is 5.56 Å². The number of hydrogen-bond donors (Lipinski definition) is 3. The molecule has 1 aromatic rings. The molecule has 1 aliphatic carbocycles. The molecule has 0 spiro atoms. The number of nitrogens with zero attached hydrogens (tertiary/aromatic N) is 1. The number of nitrogens with one attached hydrogen (secondary N) is 1. The van der Waals surface area contributed by atoms with Crippen LogP contribution in [0.3, 0.4) is 0 Å². The van der Waals surface area contributed by atoms with E-state index >= 15 is 0 Å². The predicted molar refractivity (Wildman–Crippen MR) is 75.5 cm³/mol. The lowest BCUT2D eigenvalue weighted by Gasteiger charge is -2.15. The molecule has 0 bridgehead atoms. The van der Waals surface area contributed by atoms with Crippen LogP contribution in [0, 0.1) is 5.41 Å². The molecule has 0 heterocycles. The Morgan fingerprint density at radius 3 is 2.61 bits per heavy atom. The average Bonchev–Trinajstić information content (AvgIpc) is 3.11. The molecule has 0 aliphatic heterocycles. The highest BCUT2D eigenvalue weighted by Crippen LogP contribution is 2.48. The highest BCUT2D eigenvalue weighted by Gasteiger charge is 2.42. The number of amidine groups is 1. The standard InChI is InChI=1S/C13H18BrN3O/c14-11-3-1-10(2-4-11)8-16-9-13(5-6-13)7-12(15)17-18/h1-4,16,18H,5-9H2,(H2,15,17). The maximum absolute atomic E-state index is 8.59. The lowest BCUT2D eigenvalue weighted by Crippen LogP contribution is -2.28. The van der Waals surface area contributed by atoms with Crippen molar-refractivity contribution in [1.29, 1.82) is 0 Å². The SMILES string of the molecule is NC(CC1(CNCc2ccc(Br)cc2)CC1)=NO. The van der Waals surface area contributed by atoms with Crippen molar-refractivity contribution in [3.63, 3.8) is 0 Å². The number of halogens is 1. The first-order valence-electron chi connectivity index (χ1n) is 6.05. The maximum Gasteiger partial charge on any atom is 0.139 e. The van der Waals surface area contributed by atoms with Crippen LogP contribution in [0.4, 0.5) is 0 Å². The van der Waals surface area contributed by atoms with Crippen molar-refractivity contribution in [3.05, 3.63) is 34.3 Å². The zero-order valence-electron chi connectivity index (χ0n) is 10.2. The van der Waals surface area contributed by atoms with E-state index in [0.717, 1.165) is 30.4 Å². The number of rotatable bonds is 6. The van der Waals surface area contributed by atoms with Crippen molar-refractivity contribution in [3.8, 4) is 0 Å². The fourth-order valence-corrected chi connectivity index (χ4v) is 2.35. The largest absolute Gasteiger partial charge is 0.409 e. The van der Waals surface area contributed by atoms with E-state index in [-0.39, 0.29) is 5.41 Å². The van der Waals surface area contributed by atoms with Crippen molar-refractivity contribution < 1.29 is 5.21 Å². The molecule has 1 aromatic carbocycles. The quantitative estimate of drug-likeness (QED) is 0.327. The average molecular weight is 312 g/mol. The summed E-state index contributed by atoms with van der Waals surface area (Å²) in [4.78, 5) is 0. The van der Waals surface area contributed by atoms with Gasteiger partial charge in [-0.1, -0.05) is 33.2 Å². The second-order valence-corrected chi connectivity index (χ2v) is 5.91. The molecule has 1 aliphatic rings. The summed E-state index contributed by atoms with van der Waals surface area (Å²) in [6, 6.07) is 8.28. The van der Waals surface area contributed by atoms with Gasteiger partial charge < -0.3 is 16.3 Å². The second-order valence-electron chi connectivity index (χ2n) is 5.00. The summed E-state index contributed by atoms with van der Waals surface area (Å²) in [5.74, 6) is 0.331. The molecular formula is C13H18BrN3O. The molecule has 0 amide bonds. The van der Waals surface area contributed by atoms with Gasteiger partial charge in [-0.25, -0.2) is 0 Å². The van der Waals surface area contributed by atoms with E-state index in [1.807, 2.05) is 12.1 Å². The zero-order chi connectivity index (χ0) is 13.0. The van der Waals surface area contributed by atoms with E-state index in [1.54, 1.807) is 0 Å². The van der Waals surface area contributed by atoms with Gasteiger partial charge in [0, 0.05) is 24.0 Å². The minimum atomic E-state index is 0.214. The molecule has 4 nitrogen and oxygen atoms in total. The zero-order valence-corrected chi connectivity index (χ0v) is 11.8. The normalized spacial score (nSPS) is 17.7. The lowest BCUT2D eigenvalue weighted by molar-refractivity contribution is 0.314. The summed E-state index contributed by atoms with van der Waals surface area (Å²) >= 11 is 3.42. The van der Waals surface area contributed by atoms with E-state index < -0.39 is 0 Å². The first-order chi connectivity index (χ1) is 8.63. The van der Waals surface area contributed by atoms with Gasteiger partial charge in [0.2, 0.25) is 0 Å². The predicted octanol–water partition coefficient (Wildman–Crippen LogP) is 2.46. The van der Waals surface area contributed by atoms with Gasteiger partial charge in [-0.15, -0.1) is 0 Å². The van der Waals surface area contributed by atoms with Gasteiger partial charge in [0.1, 0.15) is 5.84 Å². The highest BCUT2D eigenvalue weighted by molar-refractivity contribution is 9.10. The molecule has 2 rings (SSSR count). The van der Waals surface area contributed by atoms with Crippen molar-refractivity contribution >= 4 is 21.8 Å². The molecule has 0 radical (unpaired) electrons. The Kier molecular flexibility index (Phi) is 4.24. The Hall–Kier alpha value is -1.07. The van der Waals surface area contributed by atoms with Crippen molar-refractivity contribution in [2.75, 3.05) is 6.54 Å². The minimum Gasteiger partial charge on any atom is -0.409 e. The van der Waals surface area contributed by atoms with Gasteiger partial charge in [-0.3, -0.25) is 0 Å². The first kappa shape index (κ1) is 13.4. The summed E-state index contributed by atoms with van der Waals surface area (Å²) in [7, 11) is 0. The summed E-state index contributed by atoms with van der Waals surface area (Å²) in [6.07, 6.45) is 2.98. The van der Waals surface area contributed by atoms with Crippen LogP contribution in [0.15, 0.2) is 33.9 Å². The minimum absolute atomic E-state index is 0.214. The number of oxime groups is 1. The van der Waals surface area contributed by atoms with Gasteiger partial charge in [0.25, 0.3) is 0 Å². The molecule has 98 valence electrons. The van der Waals surface area contributed by atoms with E-state index in [0.29, 0.717) is 12.3 Å². The first-order valence-corrected chi connectivity index (χ1v) is 6.84. The number of nitrogens with two attached hydrogens (primary N) is 1. The Labute approximate surface area is 115 Å². The van der Waals surface area contributed by atoms with E-state index in [4.69, 9.17) is 10.9 Å². The van der Waals surface area contributed by atoms with Crippen LogP contribution >= 0.6 is 15.9 Å². The Bertz CT molecular complexity index is 426. The summed E-state index contributed by atoms with van der Waals surface area (Å²) < 4.78 is 1.09. The van der Waals surface area contributed by atoms with E-state index in [2.05, 4.69) is 38.5 Å². The summed E-state index contributed by atoms with van der Waals surface area (Å²) in [5.41, 5.74) is 7.04. The Morgan fingerprint density at radius 2 is 2.06 bits per heavy atom. The van der Waals surface area contributed by atoms with Crippen LogP contribution in [0.25, 0.3) is 0 Å². The van der Waals surface area contributed by atoms with Gasteiger partial charge >= 0.3 is 0 Å². The highest BCUT2D eigenvalue weighted by atomic mass is 79.9. The molecule has 1 saturated carbocycles. The van der Waals surface area contributed by atoms with Crippen molar-refractivity contribution in [1.82, 2.24) is 5.32 Å². The smallest absolute Gasteiger partial charge is 0.139 e. The van der Waals surface area contributed by atoms with Gasteiger partial charge in [0.05, 0.1) is 0 Å².